The Morgan fingerprint density at radius 3 is 2.50 bits per heavy atom. The number of hydrogen-bond acceptors (Lipinski definition) is 2. The van der Waals surface area contributed by atoms with Crippen molar-refractivity contribution in [1.82, 2.24) is 5.32 Å². The van der Waals surface area contributed by atoms with Gasteiger partial charge in [0.15, 0.2) is 0 Å². The highest BCUT2D eigenvalue weighted by molar-refractivity contribution is 9.10. The molecule has 2 rings (SSSR count). The van der Waals surface area contributed by atoms with Crippen LogP contribution in [-0.2, 0) is 4.79 Å². The number of rotatable bonds is 1. The Balaban J connectivity index is 2.23. The maximum absolute atomic E-state index is 11.0. The fourth-order valence-corrected chi connectivity index (χ4v) is 1.88. The zero-order valence-corrected chi connectivity index (χ0v) is 8.99. The van der Waals surface area contributed by atoms with Gasteiger partial charge in [0.25, 0.3) is 0 Å². The van der Waals surface area contributed by atoms with Crippen molar-refractivity contribution in [2.45, 2.75) is 18.6 Å². The van der Waals surface area contributed by atoms with Crippen LogP contribution in [0.25, 0.3) is 0 Å². The van der Waals surface area contributed by atoms with Gasteiger partial charge in [-0.3, -0.25) is 4.79 Å². The molecule has 74 valence electrons. The summed E-state index contributed by atoms with van der Waals surface area (Å²) in [4.78, 5) is 11.0. The third-order valence-corrected chi connectivity index (χ3v) is 2.85. The maximum atomic E-state index is 11.0. The first-order valence-corrected chi connectivity index (χ1v) is 5.19. The minimum atomic E-state index is -0.608. The van der Waals surface area contributed by atoms with E-state index in [1.807, 2.05) is 24.3 Å². The van der Waals surface area contributed by atoms with Gasteiger partial charge in [-0.15, -0.1) is 0 Å². The van der Waals surface area contributed by atoms with Crippen LogP contribution in [0.4, 0.5) is 0 Å². The Labute approximate surface area is 90.3 Å². The Morgan fingerprint density at radius 2 is 2.00 bits per heavy atom. The first-order chi connectivity index (χ1) is 6.66. The minimum absolute atomic E-state index is 0.0922. The van der Waals surface area contributed by atoms with Gasteiger partial charge in [0, 0.05) is 4.47 Å². The van der Waals surface area contributed by atoms with E-state index in [9.17, 15) is 9.90 Å². The molecule has 3 nitrogen and oxygen atoms in total. The van der Waals surface area contributed by atoms with E-state index in [2.05, 4.69) is 21.2 Å². The lowest BCUT2D eigenvalue weighted by Crippen LogP contribution is -2.22. The van der Waals surface area contributed by atoms with Gasteiger partial charge >= 0.3 is 0 Å². The lowest BCUT2D eigenvalue weighted by Gasteiger charge is -2.14. The molecule has 1 heterocycles. The van der Waals surface area contributed by atoms with E-state index in [1.165, 1.54) is 0 Å². The summed E-state index contributed by atoms with van der Waals surface area (Å²) in [5.74, 6) is -0.0922. The van der Waals surface area contributed by atoms with E-state index >= 15 is 0 Å². The number of aliphatic hydroxyl groups excluding tert-OH is 1. The summed E-state index contributed by atoms with van der Waals surface area (Å²) < 4.78 is 0.986. The molecule has 1 fully saturated rings. The van der Waals surface area contributed by atoms with Crippen molar-refractivity contribution in [3.05, 3.63) is 34.3 Å². The van der Waals surface area contributed by atoms with Crippen LogP contribution < -0.4 is 5.32 Å². The SMILES string of the molecule is O=C1CC(O)C(c2ccc(Br)cc2)N1. The van der Waals surface area contributed by atoms with Crippen molar-refractivity contribution in [2.24, 2.45) is 0 Å². The Bertz CT molecular complexity index is 350. The van der Waals surface area contributed by atoms with Crippen molar-refractivity contribution in [3.8, 4) is 0 Å². The molecule has 0 bridgehead atoms. The predicted octanol–water partition coefficient (Wildman–Crippen LogP) is 1.37. The topological polar surface area (TPSA) is 49.3 Å². The van der Waals surface area contributed by atoms with E-state index in [1.54, 1.807) is 0 Å². The normalized spacial score (nSPS) is 26.3. The zero-order valence-electron chi connectivity index (χ0n) is 7.40. The van der Waals surface area contributed by atoms with E-state index in [-0.39, 0.29) is 18.4 Å². The lowest BCUT2D eigenvalue weighted by atomic mass is 10.0. The number of amides is 1. The molecule has 2 unspecified atom stereocenters. The van der Waals surface area contributed by atoms with Crippen LogP contribution >= 0.6 is 15.9 Å². The van der Waals surface area contributed by atoms with Crippen molar-refractivity contribution < 1.29 is 9.90 Å². The van der Waals surface area contributed by atoms with Crippen molar-refractivity contribution in [2.75, 3.05) is 0 Å². The van der Waals surface area contributed by atoms with Crippen molar-refractivity contribution in [3.63, 3.8) is 0 Å². The smallest absolute Gasteiger partial charge is 0.223 e. The van der Waals surface area contributed by atoms with E-state index in [0.29, 0.717) is 0 Å². The molecular formula is C10H10BrNO2. The molecule has 0 saturated carbocycles. The van der Waals surface area contributed by atoms with E-state index < -0.39 is 6.10 Å². The van der Waals surface area contributed by atoms with Crippen LogP contribution in [0.15, 0.2) is 28.7 Å². The molecule has 1 amide bonds. The van der Waals surface area contributed by atoms with Crippen LogP contribution in [0.2, 0.25) is 0 Å². The summed E-state index contributed by atoms with van der Waals surface area (Å²) in [7, 11) is 0. The largest absolute Gasteiger partial charge is 0.390 e. The molecular weight excluding hydrogens is 246 g/mol. The van der Waals surface area contributed by atoms with Gasteiger partial charge in [0.2, 0.25) is 5.91 Å². The van der Waals surface area contributed by atoms with Crippen LogP contribution in [0, 0.1) is 0 Å². The number of carbonyl (C=O) groups excluding carboxylic acids is 1. The summed E-state index contributed by atoms with van der Waals surface area (Å²) in [5, 5.41) is 12.3. The van der Waals surface area contributed by atoms with Gasteiger partial charge in [0.05, 0.1) is 18.6 Å². The van der Waals surface area contributed by atoms with Crippen LogP contribution in [0.5, 0.6) is 0 Å². The molecule has 1 aliphatic rings. The van der Waals surface area contributed by atoms with Gasteiger partial charge in [-0.1, -0.05) is 28.1 Å². The van der Waals surface area contributed by atoms with Gasteiger partial charge in [-0.05, 0) is 17.7 Å². The third-order valence-electron chi connectivity index (χ3n) is 2.32. The van der Waals surface area contributed by atoms with Gasteiger partial charge in [-0.2, -0.15) is 0 Å². The quantitative estimate of drug-likeness (QED) is 0.797. The van der Waals surface area contributed by atoms with Crippen LogP contribution in [0.3, 0.4) is 0 Å². The second kappa shape index (κ2) is 3.71. The summed E-state index contributed by atoms with van der Waals surface area (Å²) in [5.41, 5.74) is 0.937. The molecule has 1 saturated heterocycles. The van der Waals surface area contributed by atoms with Gasteiger partial charge in [0.1, 0.15) is 0 Å². The fourth-order valence-electron chi connectivity index (χ4n) is 1.61. The Morgan fingerprint density at radius 1 is 1.36 bits per heavy atom. The Kier molecular flexibility index (Phi) is 2.56. The number of nitrogens with one attached hydrogen (secondary N) is 1. The molecule has 0 spiro atoms. The number of hydrogen-bond donors (Lipinski definition) is 2. The van der Waals surface area contributed by atoms with Crippen LogP contribution in [0.1, 0.15) is 18.0 Å². The molecule has 14 heavy (non-hydrogen) atoms. The number of halogens is 1. The minimum Gasteiger partial charge on any atom is -0.390 e. The summed E-state index contributed by atoms with van der Waals surface area (Å²) in [6, 6.07) is 7.32. The molecule has 2 N–H and O–H groups in total. The first-order valence-electron chi connectivity index (χ1n) is 4.40. The highest BCUT2D eigenvalue weighted by atomic mass is 79.9. The number of carbonyl (C=O) groups is 1. The molecule has 1 aromatic carbocycles. The molecule has 2 atom stereocenters. The maximum Gasteiger partial charge on any atom is 0.223 e. The average molecular weight is 256 g/mol. The Hall–Kier alpha value is -0.870. The highest BCUT2D eigenvalue weighted by Gasteiger charge is 2.31. The fraction of sp³-hybridized carbons (Fsp3) is 0.300. The van der Waals surface area contributed by atoms with E-state index in [0.717, 1.165) is 10.0 Å². The molecule has 0 aliphatic carbocycles. The zero-order chi connectivity index (χ0) is 10.1. The molecule has 0 radical (unpaired) electrons. The van der Waals surface area contributed by atoms with Crippen LogP contribution in [-0.4, -0.2) is 17.1 Å². The molecule has 1 aliphatic heterocycles. The molecule has 1 aromatic rings. The second-order valence-electron chi connectivity index (χ2n) is 3.37. The first kappa shape index (κ1) is 9.68. The number of aliphatic hydroxyl groups is 1. The average Bonchev–Trinajstić information content (AvgIpc) is 2.47. The monoisotopic (exact) mass is 255 g/mol. The second-order valence-corrected chi connectivity index (χ2v) is 4.28. The van der Waals surface area contributed by atoms with Crippen molar-refractivity contribution in [1.29, 1.82) is 0 Å². The summed E-state index contributed by atoms with van der Waals surface area (Å²) >= 11 is 3.33. The third kappa shape index (κ3) is 1.81. The molecule has 0 aromatic heterocycles. The number of benzene rings is 1. The highest BCUT2D eigenvalue weighted by Crippen LogP contribution is 2.25. The van der Waals surface area contributed by atoms with Crippen molar-refractivity contribution >= 4 is 21.8 Å². The standard InChI is InChI=1S/C10H10BrNO2/c11-7-3-1-6(2-4-7)10-8(13)5-9(14)12-10/h1-4,8,10,13H,5H2,(H,12,14). The van der Waals surface area contributed by atoms with Gasteiger partial charge in [-0.25, -0.2) is 0 Å². The summed E-state index contributed by atoms with van der Waals surface area (Å²) in [6.45, 7) is 0. The van der Waals surface area contributed by atoms with E-state index in [4.69, 9.17) is 0 Å². The lowest BCUT2D eigenvalue weighted by molar-refractivity contribution is -0.119. The summed E-state index contributed by atoms with van der Waals surface area (Å²) in [6.07, 6.45) is -0.413. The predicted molar refractivity (Wildman–Crippen MR) is 55.6 cm³/mol. The molecule has 4 heteroatoms. The van der Waals surface area contributed by atoms with Gasteiger partial charge < -0.3 is 10.4 Å².